The Hall–Kier alpha value is -3.71. The molecule has 0 spiro atoms. The number of anilines is 1. The molecule has 1 saturated heterocycles. The first kappa shape index (κ1) is 23.1. The van der Waals surface area contributed by atoms with Crippen LogP contribution in [0, 0.1) is 6.92 Å². The van der Waals surface area contributed by atoms with Crippen LogP contribution in [0.4, 0.5) is 5.69 Å². The normalized spacial score (nSPS) is 17.3. The van der Waals surface area contributed by atoms with Crippen molar-refractivity contribution >= 4 is 35.1 Å². The second-order valence-electron chi connectivity index (χ2n) is 8.72. The summed E-state index contributed by atoms with van der Waals surface area (Å²) in [5.74, 6) is -0.454. The monoisotopic (exact) mass is 485 g/mol. The van der Waals surface area contributed by atoms with Crippen molar-refractivity contribution in [2.75, 3.05) is 37.6 Å². The number of carbonyl (C=O) groups excluding carboxylic acids is 2. The average Bonchev–Trinajstić information content (AvgIpc) is 2.89. The molecule has 2 aliphatic heterocycles. The molecule has 0 aliphatic carbocycles. The van der Waals surface area contributed by atoms with Gasteiger partial charge < -0.3 is 14.9 Å². The number of hydrogen-bond donors (Lipinski definition) is 1. The molecule has 7 heteroatoms. The van der Waals surface area contributed by atoms with Gasteiger partial charge in [0.25, 0.3) is 0 Å². The summed E-state index contributed by atoms with van der Waals surface area (Å²) in [6, 6.07) is 24.9. The number of rotatable bonds is 4. The van der Waals surface area contributed by atoms with Crippen molar-refractivity contribution in [2.24, 2.45) is 0 Å². The molecule has 3 aromatic carbocycles. The number of para-hydroxylation sites is 1. The molecule has 1 N–H and O–H groups in total. The van der Waals surface area contributed by atoms with Crippen LogP contribution in [0.25, 0.3) is 5.76 Å². The number of ketones is 1. The molecule has 0 bridgehead atoms. The van der Waals surface area contributed by atoms with Crippen molar-refractivity contribution < 1.29 is 14.7 Å². The predicted molar refractivity (Wildman–Crippen MR) is 139 cm³/mol. The number of aliphatic hydroxyl groups excluding tert-OH is 1. The van der Waals surface area contributed by atoms with E-state index < -0.39 is 0 Å². The van der Waals surface area contributed by atoms with Gasteiger partial charge in [-0.25, -0.2) is 0 Å². The zero-order valence-electron chi connectivity index (χ0n) is 19.6. The molecule has 1 amide bonds. The highest BCUT2D eigenvalue weighted by atomic mass is 32.2. The maximum atomic E-state index is 13.5. The number of Topliss-reactive ketones (excluding diaryl/α,β-unsaturated/α-hetero) is 1. The summed E-state index contributed by atoms with van der Waals surface area (Å²) in [6.07, 6.45) is 0. The Kier molecular flexibility index (Phi) is 6.51. The van der Waals surface area contributed by atoms with E-state index in [-0.39, 0.29) is 29.7 Å². The Balaban J connectivity index is 1.38. The number of allylic oxidation sites excluding steroid dienone is 1. The Morgan fingerprint density at radius 2 is 1.54 bits per heavy atom. The summed E-state index contributed by atoms with van der Waals surface area (Å²) in [7, 11) is 0. The third-order valence-electron chi connectivity index (χ3n) is 6.39. The number of fused-ring (bicyclic) bond motifs is 1. The van der Waals surface area contributed by atoms with Gasteiger partial charge >= 0.3 is 0 Å². The summed E-state index contributed by atoms with van der Waals surface area (Å²) in [5.41, 5.74) is 3.44. The van der Waals surface area contributed by atoms with E-state index in [2.05, 4.69) is 17.0 Å². The Morgan fingerprint density at radius 1 is 0.886 bits per heavy atom. The van der Waals surface area contributed by atoms with Crippen LogP contribution in [0.2, 0.25) is 0 Å². The summed E-state index contributed by atoms with van der Waals surface area (Å²) in [6.45, 7) is 4.69. The second-order valence-corrected chi connectivity index (χ2v) is 9.78. The molecule has 0 aromatic heterocycles. The summed E-state index contributed by atoms with van der Waals surface area (Å²) in [4.78, 5) is 31.7. The summed E-state index contributed by atoms with van der Waals surface area (Å²) < 4.78 is 1.64. The zero-order chi connectivity index (χ0) is 24.4. The maximum Gasteiger partial charge on any atom is 0.243 e. The molecule has 35 heavy (non-hydrogen) atoms. The summed E-state index contributed by atoms with van der Waals surface area (Å²) >= 11 is 1.32. The lowest BCUT2D eigenvalue weighted by atomic mass is 10.0. The van der Waals surface area contributed by atoms with Crippen LogP contribution < -0.4 is 4.90 Å². The van der Waals surface area contributed by atoms with Gasteiger partial charge in [0, 0.05) is 47.9 Å². The quantitative estimate of drug-likeness (QED) is 0.326. The zero-order valence-corrected chi connectivity index (χ0v) is 20.4. The molecule has 5 rings (SSSR count). The standard InChI is InChI=1S/C28H27N3O3S/c1-20-11-13-21(14-12-20)27(33)26-28(34)23-9-5-6-10-24(23)35-31(26)19-25(32)30-17-15-29(16-18-30)22-7-3-2-4-8-22/h2-14,33H,15-19H2,1H3. The smallest absolute Gasteiger partial charge is 0.243 e. The lowest BCUT2D eigenvalue weighted by molar-refractivity contribution is -0.131. The van der Waals surface area contributed by atoms with E-state index in [4.69, 9.17) is 0 Å². The molecule has 2 aliphatic rings. The number of hydrogen-bond acceptors (Lipinski definition) is 6. The average molecular weight is 486 g/mol. The van der Waals surface area contributed by atoms with Crippen LogP contribution >= 0.6 is 11.9 Å². The van der Waals surface area contributed by atoms with Gasteiger partial charge in [0.1, 0.15) is 12.2 Å². The number of aliphatic hydroxyl groups is 1. The van der Waals surface area contributed by atoms with Gasteiger partial charge in [-0.2, -0.15) is 0 Å². The van der Waals surface area contributed by atoms with Crippen molar-refractivity contribution in [1.29, 1.82) is 0 Å². The van der Waals surface area contributed by atoms with E-state index in [9.17, 15) is 14.7 Å². The van der Waals surface area contributed by atoms with Crippen LogP contribution in [-0.2, 0) is 4.79 Å². The van der Waals surface area contributed by atoms with E-state index >= 15 is 0 Å². The van der Waals surface area contributed by atoms with Gasteiger partial charge in [0.05, 0.1) is 0 Å². The number of carbonyl (C=O) groups is 2. The molecule has 0 atom stereocenters. The fourth-order valence-electron chi connectivity index (χ4n) is 4.40. The van der Waals surface area contributed by atoms with Crippen LogP contribution in [0.15, 0.2) is 89.5 Å². The van der Waals surface area contributed by atoms with E-state index in [0.29, 0.717) is 24.2 Å². The highest BCUT2D eigenvalue weighted by Crippen LogP contribution is 2.39. The Bertz CT molecular complexity index is 1270. The van der Waals surface area contributed by atoms with E-state index in [1.54, 1.807) is 22.5 Å². The number of amides is 1. The largest absolute Gasteiger partial charge is 0.505 e. The number of piperazine rings is 1. The van der Waals surface area contributed by atoms with Gasteiger partial charge in [-0.05, 0) is 43.1 Å². The molecular formula is C28H27N3O3S. The minimum atomic E-state index is -0.279. The highest BCUT2D eigenvalue weighted by Gasteiger charge is 2.34. The third-order valence-corrected chi connectivity index (χ3v) is 7.47. The molecule has 178 valence electrons. The van der Waals surface area contributed by atoms with Gasteiger partial charge in [-0.15, -0.1) is 0 Å². The first-order chi connectivity index (χ1) is 17.0. The lowest BCUT2D eigenvalue weighted by Gasteiger charge is -2.38. The first-order valence-corrected chi connectivity index (χ1v) is 12.5. The highest BCUT2D eigenvalue weighted by molar-refractivity contribution is 7.97. The second kappa shape index (κ2) is 9.88. The van der Waals surface area contributed by atoms with Crippen molar-refractivity contribution in [3.8, 4) is 0 Å². The van der Waals surface area contributed by atoms with Gasteiger partial charge in [0.15, 0.2) is 5.76 Å². The molecular weight excluding hydrogens is 458 g/mol. The number of nitrogens with zero attached hydrogens (tertiary/aromatic N) is 3. The van der Waals surface area contributed by atoms with Crippen molar-refractivity contribution in [2.45, 2.75) is 11.8 Å². The minimum Gasteiger partial charge on any atom is -0.505 e. The maximum absolute atomic E-state index is 13.5. The van der Waals surface area contributed by atoms with Crippen LogP contribution in [0.5, 0.6) is 0 Å². The van der Waals surface area contributed by atoms with Crippen LogP contribution in [-0.4, -0.2) is 58.7 Å². The molecule has 0 saturated carbocycles. The topological polar surface area (TPSA) is 64.1 Å². The SMILES string of the molecule is Cc1ccc(C(O)=C2C(=O)c3ccccc3SN2CC(=O)N2CCN(c3ccccc3)CC2)cc1. The number of benzene rings is 3. The molecule has 0 unspecified atom stereocenters. The molecule has 3 aromatic rings. The molecule has 6 nitrogen and oxygen atoms in total. The molecule has 2 heterocycles. The summed E-state index contributed by atoms with van der Waals surface area (Å²) in [5, 5.41) is 11.2. The Morgan fingerprint density at radius 3 is 2.26 bits per heavy atom. The third kappa shape index (κ3) is 4.77. The predicted octanol–water partition coefficient (Wildman–Crippen LogP) is 4.78. The Labute approximate surface area is 209 Å². The van der Waals surface area contributed by atoms with Crippen molar-refractivity contribution in [1.82, 2.24) is 9.21 Å². The lowest BCUT2D eigenvalue weighted by Crippen LogP contribution is -2.51. The van der Waals surface area contributed by atoms with E-state index in [0.717, 1.165) is 29.2 Å². The minimum absolute atomic E-state index is 0.00132. The van der Waals surface area contributed by atoms with Gasteiger partial charge in [-0.3, -0.25) is 13.9 Å². The van der Waals surface area contributed by atoms with E-state index in [1.807, 2.05) is 60.4 Å². The van der Waals surface area contributed by atoms with Gasteiger partial charge in [0.2, 0.25) is 11.7 Å². The fraction of sp³-hybridized carbons (Fsp3) is 0.214. The number of aryl methyl sites for hydroxylation is 1. The van der Waals surface area contributed by atoms with Crippen molar-refractivity contribution in [3.05, 3.63) is 101 Å². The fourth-order valence-corrected chi connectivity index (χ4v) is 5.47. The first-order valence-electron chi connectivity index (χ1n) is 11.7. The van der Waals surface area contributed by atoms with Crippen molar-refractivity contribution in [3.63, 3.8) is 0 Å². The molecule has 1 fully saturated rings. The van der Waals surface area contributed by atoms with Crippen LogP contribution in [0.1, 0.15) is 21.5 Å². The van der Waals surface area contributed by atoms with Gasteiger partial charge in [-0.1, -0.05) is 60.2 Å². The molecule has 0 radical (unpaired) electrons. The van der Waals surface area contributed by atoms with E-state index in [1.165, 1.54) is 11.9 Å². The van der Waals surface area contributed by atoms with Crippen LogP contribution in [0.3, 0.4) is 0 Å².